The summed E-state index contributed by atoms with van der Waals surface area (Å²) in [5.41, 5.74) is 9.13. The Morgan fingerprint density at radius 3 is 2.31 bits per heavy atom. The van der Waals surface area contributed by atoms with Gasteiger partial charge in [-0.25, -0.2) is 4.98 Å². The highest BCUT2D eigenvalue weighted by Gasteiger charge is 2.33. The van der Waals surface area contributed by atoms with Crippen LogP contribution in [0.4, 0.5) is 11.8 Å². The molecule has 10 nitrogen and oxygen atoms in total. The number of benzene rings is 2. The van der Waals surface area contributed by atoms with E-state index in [-0.39, 0.29) is 12.5 Å². The number of carbonyl (C=O) groups excluding carboxylic acids is 1. The standard InChI is InChI=1S/C25H29N5O5/c1-14-9-20-21(10-15(14)2)35-22(13-34-20)24(31)29-5-7-30(8-6-29)25-27-17-12-19(33-4)18(32-3)11-16(17)23(26)28-25/h9-12,22H,5-8,13H2,1-4H3,(H2,26,27,28). The van der Waals surface area contributed by atoms with Crippen molar-refractivity contribution in [2.45, 2.75) is 20.0 Å². The van der Waals surface area contributed by atoms with E-state index in [4.69, 9.17) is 29.7 Å². The average molecular weight is 480 g/mol. The van der Waals surface area contributed by atoms with Crippen LogP contribution in [0.5, 0.6) is 23.0 Å². The molecule has 1 saturated heterocycles. The van der Waals surface area contributed by atoms with Crippen LogP contribution in [0.15, 0.2) is 24.3 Å². The van der Waals surface area contributed by atoms with Crippen molar-refractivity contribution in [2.75, 3.05) is 57.6 Å². The number of piperazine rings is 1. The minimum atomic E-state index is -0.661. The number of ether oxygens (including phenoxy) is 4. The molecule has 5 rings (SSSR count). The molecule has 2 aliphatic heterocycles. The van der Waals surface area contributed by atoms with Crippen LogP contribution < -0.4 is 29.6 Å². The van der Waals surface area contributed by atoms with Gasteiger partial charge in [-0.05, 0) is 43.2 Å². The molecule has 35 heavy (non-hydrogen) atoms. The van der Waals surface area contributed by atoms with Gasteiger partial charge in [0.25, 0.3) is 5.91 Å². The van der Waals surface area contributed by atoms with Gasteiger partial charge in [-0.2, -0.15) is 4.98 Å². The van der Waals surface area contributed by atoms with Crippen LogP contribution in [-0.4, -0.2) is 73.9 Å². The Morgan fingerprint density at radius 2 is 1.63 bits per heavy atom. The first kappa shape index (κ1) is 22.8. The lowest BCUT2D eigenvalue weighted by Gasteiger charge is -2.37. The van der Waals surface area contributed by atoms with Crippen LogP contribution in [0.1, 0.15) is 11.1 Å². The van der Waals surface area contributed by atoms with Crippen LogP contribution >= 0.6 is 0 Å². The molecule has 1 fully saturated rings. The first-order valence-electron chi connectivity index (χ1n) is 11.5. The molecule has 0 spiro atoms. The average Bonchev–Trinajstić information content (AvgIpc) is 2.88. The largest absolute Gasteiger partial charge is 0.493 e. The molecule has 1 atom stereocenters. The number of hydrogen-bond acceptors (Lipinski definition) is 9. The Kier molecular flexibility index (Phi) is 5.88. The first-order chi connectivity index (χ1) is 16.9. The van der Waals surface area contributed by atoms with E-state index in [1.807, 2.05) is 30.9 Å². The van der Waals surface area contributed by atoms with Crippen LogP contribution in [0.3, 0.4) is 0 Å². The zero-order valence-electron chi connectivity index (χ0n) is 20.3. The molecule has 10 heteroatoms. The number of nitrogens with zero attached hydrogens (tertiary/aromatic N) is 4. The van der Waals surface area contributed by atoms with Gasteiger partial charge in [-0.15, -0.1) is 0 Å². The Balaban J connectivity index is 1.28. The van der Waals surface area contributed by atoms with Gasteiger partial charge in [0.15, 0.2) is 23.0 Å². The molecule has 184 valence electrons. The minimum Gasteiger partial charge on any atom is -0.493 e. The lowest BCUT2D eigenvalue weighted by Crippen LogP contribution is -2.54. The summed E-state index contributed by atoms with van der Waals surface area (Å²) in [5.74, 6) is 3.24. The maximum atomic E-state index is 13.1. The summed E-state index contributed by atoms with van der Waals surface area (Å²) in [6.07, 6.45) is -0.661. The normalized spacial score (nSPS) is 17.4. The van der Waals surface area contributed by atoms with Gasteiger partial charge in [0, 0.05) is 37.6 Å². The highest BCUT2D eigenvalue weighted by Crippen LogP contribution is 2.36. The van der Waals surface area contributed by atoms with Crippen LogP contribution in [0, 0.1) is 13.8 Å². The highest BCUT2D eigenvalue weighted by atomic mass is 16.6. The van der Waals surface area contributed by atoms with Gasteiger partial charge in [-0.3, -0.25) is 4.79 Å². The Labute approximate surface area is 203 Å². The number of hydrogen-bond donors (Lipinski definition) is 1. The maximum Gasteiger partial charge on any atom is 0.267 e. The summed E-state index contributed by atoms with van der Waals surface area (Å²) < 4.78 is 22.6. The Morgan fingerprint density at radius 1 is 0.971 bits per heavy atom. The van der Waals surface area contributed by atoms with Crippen molar-refractivity contribution in [2.24, 2.45) is 0 Å². The second-order valence-corrected chi connectivity index (χ2v) is 8.75. The molecule has 2 N–H and O–H groups in total. The number of fused-ring (bicyclic) bond motifs is 2. The summed E-state index contributed by atoms with van der Waals surface area (Å²) >= 11 is 0. The number of aromatic nitrogens is 2. The highest BCUT2D eigenvalue weighted by molar-refractivity contribution is 5.91. The van der Waals surface area contributed by atoms with Crippen molar-refractivity contribution in [3.63, 3.8) is 0 Å². The number of rotatable bonds is 4. The lowest BCUT2D eigenvalue weighted by molar-refractivity contribution is -0.141. The van der Waals surface area contributed by atoms with E-state index in [1.54, 1.807) is 31.3 Å². The third-order valence-corrected chi connectivity index (χ3v) is 6.59. The fourth-order valence-corrected chi connectivity index (χ4v) is 4.38. The second kappa shape index (κ2) is 9.01. The second-order valence-electron chi connectivity index (χ2n) is 8.75. The van der Waals surface area contributed by atoms with E-state index in [0.717, 1.165) is 11.1 Å². The van der Waals surface area contributed by atoms with Gasteiger partial charge in [0.05, 0.1) is 19.7 Å². The van der Waals surface area contributed by atoms with Gasteiger partial charge in [0.2, 0.25) is 12.1 Å². The van der Waals surface area contributed by atoms with E-state index in [0.29, 0.717) is 71.8 Å². The SMILES string of the molecule is COc1cc2nc(N3CCN(C(=O)C4COc5cc(C)c(C)cc5O4)CC3)nc(N)c2cc1OC. The molecule has 1 unspecified atom stereocenters. The number of aryl methyl sites for hydroxylation is 2. The Hall–Kier alpha value is -3.95. The third kappa shape index (κ3) is 4.20. The third-order valence-electron chi connectivity index (χ3n) is 6.59. The fourth-order valence-electron chi connectivity index (χ4n) is 4.38. The van der Waals surface area contributed by atoms with Crippen molar-refractivity contribution in [3.8, 4) is 23.0 Å². The predicted molar refractivity (Wildman–Crippen MR) is 132 cm³/mol. The summed E-state index contributed by atoms with van der Waals surface area (Å²) in [7, 11) is 3.15. The summed E-state index contributed by atoms with van der Waals surface area (Å²) in [6, 6.07) is 7.44. The van der Waals surface area contributed by atoms with E-state index >= 15 is 0 Å². The van der Waals surface area contributed by atoms with E-state index in [9.17, 15) is 4.79 Å². The van der Waals surface area contributed by atoms with Crippen molar-refractivity contribution < 1.29 is 23.7 Å². The number of nitrogens with two attached hydrogens (primary N) is 1. The van der Waals surface area contributed by atoms with Gasteiger partial charge in [-0.1, -0.05) is 0 Å². The molecular weight excluding hydrogens is 450 g/mol. The molecule has 1 aromatic heterocycles. The molecule has 0 saturated carbocycles. The van der Waals surface area contributed by atoms with Crippen LogP contribution in [0.25, 0.3) is 10.9 Å². The molecule has 0 aliphatic carbocycles. The first-order valence-corrected chi connectivity index (χ1v) is 11.5. The minimum absolute atomic E-state index is 0.0793. The van der Waals surface area contributed by atoms with Crippen molar-refractivity contribution in [1.29, 1.82) is 0 Å². The summed E-state index contributed by atoms with van der Waals surface area (Å²) in [6.45, 7) is 6.42. The zero-order chi connectivity index (χ0) is 24.7. The maximum absolute atomic E-state index is 13.1. The van der Waals surface area contributed by atoms with Crippen molar-refractivity contribution >= 4 is 28.6 Å². The zero-order valence-corrected chi connectivity index (χ0v) is 20.3. The quantitative estimate of drug-likeness (QED) is 0.602. The smallest absolute Gasteiger partial charge is 0.267 e. The molecule has 1 amide bonds. The molecule has 3 aromatic rings. The van der Waals surface area contributed by atoms with E-state index in [2.05, 4.69) is 4.98 Å². The van der Waals surface area contributed by atoms with Crippen LogP contribution in [-0.2, 0) is 4.79 Å². The molecule has 3 heterocycles. The molecule has 0 bridgehead atoms. The molecular formula is C25H29N5O5. The van der Waals surface area contributed by atoms with Gasteiger partial charge < -0.3 is 34.5 Å². The Bertz CT molecular complexity index is 1290. The molecule has 2 aliphatic rings. The fraction of sp³-hybridized carbons (Fsp3) is 0.400. The summed E-state index contributed by atoms with van der Waals surface area (Å²) in [4.78, 5) is 26.2. The number of carbonyl (C=O) groups is 1. The van der Waals surface area contributed by atoms with Crippen LogP contribution in [0.2, 0.25) is 0 Å². The van der Waals surface area contributed by atoms with Crippen molar-refractivity contribution in [3.05, 3.63) is 35.4 Å². The number of amides is 1. The monoisotopic (exact) mass is 479 g/mol. The lowest BCUT2D eigenvalue weighted by atomic mass is 10.1. The van der Waals surface area contributed by atoms with Gasteiger partial charge >= 0.3 is 0 Å². The van der Waals surface area contributed by atoms with E-state index in [1.165, 1.54) is 0 Å². The number of nitrogen functional groups attached to an aromatic ring is 1. The number of methoxy groups -OCH3 is 2. The summed E-state index contributed by atoms with van der Waals surface area (Å²) in [5, 5.41) is 0.695. The number of anilines is 2. The van der Waals surface area contributed by atoms with Gasteiger partial charge in [0.1, 0.15) is 12.4 Å². The topological polar surface area (TPSA) is 112 Å². The molecule has 2 aromatic carbocycles. The predicted octanol–water partition coefficient (Wildman–Crippen LogP) is 2.33. The molecule has 0 radical (unpaired) electrons. The van der Waals surface area contributed by atoms with Crippen molar-refractivity contribution in [1.82, 2.24) is 14.9 Å². The van der Waals surface area contributed by atoms with E-state index < -0.39 is 6.10 Å².